The molecule has 1 saturated heterocycles. The number of nitrogens with one attached hydrogen (secondary N) is 1. The second kappa shape index (κ2) is 9.13. The maximum absolute atomic E-state index is 13.5. The zero-order chi connectivity index (χ0) is 16.6. The summed E-state index contributed by atoms with van der Waals surface area (Å²) in [4.78, 5) is 2.09. The van der Waals surface area contributed by atoms with Gasteiger partial charge in [0.25, 0.3) is 0 Å². The molecule has 1 aliphatic heterocycles. The van der Waals surface area contributed by atoms with Crippen molar-refractivity contribution in [2.75, 3.05) is 26.2 Å². The molecule has 1 atom stereocenters. The van der Waals surface area contributed by atoms with E-state index in [0.717, 1.165) is 38.4 Å². The number of nitrogens with zero attached hydrogens (tertiary/aromatic N) is 1. The highest BCUT2D eigenvalue weighted by Gasteiger charge is 2.42. The van der Waals surface area contributed by atoms with Crippen LogP contribution in [0, 0.1) is 5.92 Å². The first-order valence-corrected chi connectivity index (χ1v) is 8.72. The SMILES string of the molecule is Cl.Cl.Oc1c(Br)ccc(C(F)(F)F)c1[C@@H](C1CCC1)N1CCNCC1. The van der Waals surface area contributed by atoms with Crippen molar-refractivity contribution in [2.24, 2.45) is 5.92 Å². The number of alkyl halides is 3. The Labute approximate surface area is 166 Å². The maximum atomic E-state index is 13.5. The molecule has 1 aromatic rings. The number of phenols is 1. The van der Waals surface area contributed by atoms with Gasteiger partial charge in [0, 0.05) is 37.8 Å². The average molecular weight is 466 g/mol. The molecule has 0 amide bonds. The number of aromatic hydroxyl groups is 1. The highest BCUT2D eigenvalue weighted by molar-refractivity contribution is 9.10. The number of benzene rings is 1. The molecule has 0 spiro atoms. The van der Waals surface area contributed by atoms with Crippen molar-refractivity contribution in [1.82, 2.24) is 10.2 Å². The lowest BCUT2D eigenvalue weighted by molar-refractivity contribution is -0.139. The van der Waals surface area contributed by atoms with Gasteiger partial charge >= 0.3 is 6.18 Å². The third kappa shape index (κ3) is 4.75. The Balaban J connectivity index is 0.00000156. The standard InChI is InChI=1S/C16H20BrF3N2O.2ClH/c17-12-5-4-11(16(18,19)20)13(15(12)23)14(10-2-1-3-10)22-8-6-21-7-9-22;;/h4-5,10,14,21,23H,1-3,6-9H2;2*1H/t14-;;/m1../s1. The zero-order valence-corrected chi connectivity index (χ0v) is 16.7. The molecule has 0 unspecified atom stereocenters. The number of hydrogen-bond acceptors (Lipinski definition) is 3. The predicted molar refractivity (Wildman–Crippen MR) is 99.8 cm³/mol. The van der Waals surface area contributed by atoms with Crippen LogP contribution < -0.4 is 5.32 Å². The summed E-state index contributed by atoms with van der Waals surface area (Å²) in [7, 11) is 0. The molecule has 0 bridgehead atoms. The first-order valence-electron chi connectivity index (χ1n) is 7.93. The normalized spacial score (nSPS) is 20.2. The van der Waals surface area contributed by atoms with E-state index in [-0.39, 0.29) is 48.1 Å². The molecule has 0 radical (unpaired) electrons. The Morgan fingerprint density at radius 2 is 1.76 bits per heavy atom. The third-order valence-electron chi connectivity index (χ3n) is 4.91. The Morgan fingerprint density at radius 3 is 2.24 bits per heavy atom. The van der Waals surface area contributed by atoms with E-state index in [1.807, 2.05) is 0 Å². The first kappa shape index (κ1) is 22.8. The van der Waals surface area contributed by atoms with Gasteiger partial charge in [-0.25, -0.2) is 0 Å². The Bertz CT molecular complexity index is 579. The van der Waals surface area contributed by atoms with Crippen LogP contribution in [0.15, 0.2) is 16.6 Å². The van der Waals surface area contributed by atoms with E-state index < -0.39 is 11.7 Å². The summed E-state index contributed by atoms with van der Waals surface area (Å²) in [5.74, 6) is -0.0929. The fourth-order valence-corrected chi connectivity index (χ4v) is 3.91. The Morgan fingerprint density at radius 1 is 1.16 bits per heavy atom. The molecule has 3 nitrogen and oxygen atoms in total. The molecule has 0 aromatic heterocycles. The van der Waals surface area contributed by atoms with Gasteiger partial charge in [0.15, 0.2) is 0 Å². The van der Waals surface area contributed by atoms with Gasteiger partial charge in [-0.1, -0.05) is 6.42 Å². The van der Waals surface area contributed by atoms with E-state index in [4.69, 9.17) is 0 Å². The molecule has 144 valence electrons. The van der Waals surface area contributed by atoms with E-state index in [2.05, 4.69) is 26.1 Å². The predicted octanol–water partition coefficient (Wildman–Crippen LogP) is 4.76. The number of rotatable bonds is 3. The second-order valence-electron chi connectivity index (χ2n) is 6.28. The number of phenolic OH excluding ortho intramolecular Hbond substituents is 1. The van der Waals surface area contributed by atoms with E-state index in [1.54, 1.807) is 0 Å². The summed E-state index contributed by atoms with van der Waals surface area (Å²) < 4.78 is 40.9. The summed E-state index contributed by atoms with van der Waals surface area (Å²) >= 11 is 3.18. The minimum atomic E-state index is -4.47. The van der Waals surface area contributed by atoms with Gasteiger partial charge in [0.1, 0.15) is 5.75 Å². The molecule has 1 saturated carbocycles. The first-order chi connectivity index (χ1) is 10.9. The molecular weight excluding hydrogens is 444 g/mol. The summed E-state index contributed by atoms with van der Waals surface area (Å²) in [6, 6.07) is 1.98. The molecular formula is C16H22BrCl2F3N2O. The minimum Gasteiger partial charge on any atom is -0.506 e. The molecule has 9 heteroatoms. The van der Waals surface area contributed by atoms with Crippen molar-refractivity contribution in [3.63, 3.8) is 0 Å². The van der Waals surface area contributed by atoms with Crippen molar-refractivity contribution in [3.8, 4) is 5.75 Å². The van der Waals surface area contributed by atoms with Crippen molar-refractivity contribution < 1.29 is 18.3 Å². The monoisotopic (exact) mass is 464 g/mol. The highest BCUT2D eigenvalue weighted by Crippen LogP contribution is 2.50. The van der Waals surface area contributed by atoms with Crippen molar-refractivity contribution in [3.05, 3.63) is 27.7 Å². The lowest BCUT2D eigenvalue weighted by Gasteiger charge is -2.44. The van der Waals surface area contributed by atoms with E-state index in [1.165, 1.54) is 6.07 Å². The summed E-state index contributed by atoms with van der Waals surface area (Å²) in [5, 5.41) is 13.7. The summed E-state index contributed by atoms with van der Waals surface area (Å²) in [6.45, 7) is 2.92. The van der Waals surface area contributed by atoms with E-state index in [0.29, 0.717) is 17.6 Å². The molecule has 2 N–H and O–H groups in total. The van der Waals surface area contributed by atoms with E-state index >= 15 is 0 Å². The molecule has 1 aromatic carbocycles. The van der Waals surface area contributed by atoms with Gasteiger partial charge in [-0.15, -0.1) is 24.8 Å². The highest BCUT2D eigenvalue weighted by atomic mass is 79.9. The number of piperazine rings is 1. The lowest BCUT2D eigenvalue weighted by atomic mass is 9.75. The van der Waals surface area contributed by atoms with Crippen molar-refractivity contribution >= 4 is 40.7 Å². The molecule has 1 aliphatic carbocycles. The second-order valence-corrected chi connectivity index (χ2v) is 7.13. The molecule has 2 fully saturated rings. The maximum Gasteiger partial charge on any atom is 0.416 e. The quantitative estimate of drug-likeness (QED) is 0.675. The Hall–Kier alpha value is -0.210. The smallest absolute Gasteiger partial charge is 0.416 e. The number of hydrogen-bond donors (Lipinski definition) is 2. The number of halogens is 6. The topological polar surface area (TPSA) is 35.5 Å². The lowest BCUT2D eigenvalue weighted by Crippen LogP contribution is -2.48. The van der Waals surface area contributed by atoms with Crippen molar-refractivity contribution in [1.29, 1.82) is 0 Å². The summed E-state index contributed by atoms with van der Waals surface area (Å²) in [5.41, 5.74) is -0.674. The van der Waals surface area contributed by atoms with Gasteiger partial charge in [-0.2, -0.15) is 13.2 Å². The van der Waals surface area contributed by atoms with Crippen LogP contribution in [-0.2, 0) is 6.18 Å². The molecule has 1 heterocycles. The van der Waals surface area contributed by atoms with Crippen LogP contribution in [0.3, 0.4) is 0 Å². The fourth-order valence-electron chi connectivity index (χ4n) is 3.56. The van der Waals surface area contributed by atoms with Crippen LogP contribution in [0.4, 0.5) is 13.2 Å². The van der Waals surface area contributed by atoms with Crippen LogP contribution >= 0.6 is 40.7 Å². The van der Waals surface area contributed by atoms with Gasteiger partial charge in [0.2, 0.25) is 0 Å². The average Bonchev–Trinajstić information content (AvgIpc) is 2.45. The Kier molecular flexibility index (Phi) is 8.34. The zero-order valence-electron chi connectivity index (χ0n) is 13.5. The van der Waals surface area contributed by atoms with Crippen LogP contribution in [0.2, 0.25) is 0 Å². The third-order valence-corrected chi connectivity index (χ3v) is 5.55. The molecule has 3 rings (SSSR count). The van der Waals surface area contributed by atoms with Gasteiger partial charge in [0.05, 0.1) is 10.0 Å². The van der Waals surface area contributed by atoms with E-state index in [9.17, 15) is 18.3 Å². The minimum absolute atomic E-state index is 0. The molecule has 25 heavy (non-hydrogen) atoms. The van der Waals surface area contributed by atoms with Crippen LogP contribution in [-0.4, -0.2) is 36.2 Å². The van der Waals surface area contributed by atoms with Gasteiger partial charge in [-0.3, -0.25) is 4.90 Å². The van der Waals surface area contributed by atoms with Crippen LogP contribution in [0.1, 0.15) is 36.4 Å². The van der Waals surface area contributed by atoms with Crippen molar-refractivity contribution in [2.45, 2.75) is 31.5 Å². The molecule has 2 aliphatic rings. The largest absolute Gasteiger partial charge is 0.506 e. The fraction of sp³-hybridized carbons (Fsp3) is 0.625. The van der Waals surface area contributed by atoms with Gasteiger partial charge in [-0.05, 0) is 46.8 Å². The summed E-state index contributed by atoms with van der Waals surface area (Å²) in [6.07, 6.45) is -1.59. The van der Waals surface area contributed by atoms with Crippen LogP contribution in [0.5, 0.6) is 5.75 Å². The van der Waals surface area contributed by atoms with Gasteiger partial charge < -0.3 is 10.4 Å². The van der Waals surface area contributed by atoms with Crippen LogP contribution in [0.25, 0.3) is 0 Å².